The van der Waals surface area contributed by atoms with Crippen LogP contribution in [0, 0.1) is 6.92 Å². The van der Waals surface area contributed by atoms with Gasteiger partial charge >= 0.3 is 0 Å². The van der Waals surface area contributed by atoms with Gasteiger partial charge in [0.15, 0.2) is 0 Å². The molecule has 1 aromatic rings. The zero-order valence-electron chi connectivity index (χ0n) is 12.2. The van der Waals surface area contributed by atoms with E-state index in [-0.39, 0.29) is 5.91 Å². The lowest BCUT2D eigenvalue weighted by molar-refractivity contribution is 0.0627. The van der Waals surface area contributed by atoms with Crippen LogP contribution in [-0.2, 0) is 0 Å². The number of aromatic nitrogens is 1. The van der Waals surface area contributed by atoms with Crippen molar-refractivity contribution in [3.8, 4) is 0 Å². The van der Waals surface area contributed by atoms with Crippen LogP contribution in [-0.4, -0.2) is 60.0 Å². The van der Waals surface area contributed by atoms with E-state index in [9.17, 15) is 4.79 Å². The molecule has 2 aliphatic rings. The van der Waals surface area contributed by atoms with Crippen molar-refractivity contribution < 1.29 is 4.79 Å². The molecule has 1 saturated carbocycles. The molecule has 0 radical (unpaired) electrons. The maximum Gasteiger partial charge on any atom is 0.254 e. The SMILES string of the molecule is CNc1cc(C(=O)N2CCN(C3CC3)CC2)cc(C)n1. The zero-order chi connectivity index (χ0) is 14.1. The summed E-state index contributed by atoms with van der Waals surface area (Å²) in [4.78, 5) is 21.4. The van der Waals surface area contributed by atoms with Gasteiger partial charge in [-0.3, -0.25) is 9.69 Å². The van der Waals surface area contributed by atoms with Crippen LogP contribution in [0.15, 0.2) is 12.1 Å². The summed E-state index contributed by atoms with van der Waals surface area (Å²) in [5.41, 5.74) is 1.61. The third-order valence-corrected chi connectivity index (χ3v) is 4.12. The van der Waals surface area contributed by atoms with E-state index in [2.05, 4.69) is 15.2 Å². The molecular formula is C15H22N4O. The number of carbonyl (C=O) groups excluding carboxylic acids is 1. The Labute approximate surface area is 120 Å². The van der Waals surface area contributed by atoms with Gasteiger partial charge in [0.25, 0.3) is 5.91 Å². The summed E-state index contributed by atoms with van der Waals surface area (Å²) in [5.74, 6) is 0.882. The first-order chi connectivity index (χ1) is 9.67. The van der Waals surface area contributed by atoms with Crippen LogP contribution in [0.4, 0.5) is 5.82 Å². The van der Waals surface area contributed by atoms with Crippen molar-refractivity contribution in [2.75, 3.05) is 38.5 Å². The number of nitrogens with one attached hydrogen (secondary N) is 1. The van der Waals surface area contributed by atoms with Gasteiger partial charge in [-0.15, -0.1) is 0 Å². The van der Waals surface area contributed by atoms with Crippen LogP contribution in [0.3, 0.4) is 0 Å². The number of aryl methyl sites for hydroxylation is 1. The minimum atomic E-state index is 0.127. The lowest BCUT2D eigenvalue weighted by atomic mass is 10.1. The van der Waals surface area contributed by atoms with Gasteiger partial charge in [-0.1, -0.05) is 0 Å². The fraction of sp³-hybridized carbons (Fsp3) is 0.600. The Balaban J connectivity index is 1.68. The number of piperazine rings is 1. The zero-order valence-corrected chi connectivity index (χ0v) is 12.2. The van der Waals surface area contributed by atoms with Crippen molar-refractivity contribution in [3.05, 3.63) is 23.4 Å². The highest BCUT2D eigenvalue weighted by atomic mass is 16.2. The predicted molar refractivity (Wildman–Crippen MR) is 79.0 cm³/mol. The molecule has 0 bridgehead atoms. The minimum Gasteiger partial charge on any atom is -0.373 e. The lowest BCUT2D eigenvalue weighted by Crippen LogP contribution is -2.49. The molecule has 108 valence electrons. The summed E-state index contributed by atoms with van der Waals surface area (Å²) >= 11 is 0. The third kappa shape index (κ3) is 2.77. The molecule has 1 aliphatic heterocycles. The van der Waals surface area contributed by atoms with Crippen molar-refractivity contribution in [3.63, 3.8) is 0 Å². The summed E-state index contributed by atoms with van der Waals surface area (Å²) in [5, 5.41) is 3.01. The quantitative estimate of drug-likeness (QED) is 0.904. The smallest absolute Gasteiger partial charge is 0.254 e. The molecule has 0 unspecified atom stereocenters. The van der Waals surface area contributed by atoms with Gasteiger partial charge in [-0.25, -0.2) is 4.98 Å². The number of carbonyl (C=O) groups is 1. The molecular weight excluding hydrogens is 252 g/mol. The molecule has 5 heteroatoms. The Bertz CT molecular complexity index is 505. The first kappa shape index (κ1) is 13.4. The first-order valence-corrected chi connectivity index (χ1v) is 7.37. The topological polar surface area (TPSA) is 48.5 Å². The number of hydrogen-bond donors (Lipinski definition) is 1. The maximum atomic E-state index is 12.6. The maximum absolute atomic E-state index is 12.6. The number of anilines is 1. The van der Waals surface area contributed by atoms with Crippen LogP contribution >= 0.6 is 0 Å². The van der Waals surface area contributed by atoms with Crippen molar-refractivity contribution in [1.82, 2.24) is 14.8 Å². The molecule has 2 fully saturated rings. The molecule has 3 rings (SSSR count). The Morgan fingerprint density at radius 2 is 1.95 bits per heavy atom. The van der Waals surface area contributed by atoms with Gasteiger partial charge in [0.1, 0.15) is 5.82 Å². The summed E-state index contributed by atoms with van der Waals surface area (Å²) in [6, 6.07) is 4.50. The molecule has 0 spiro atoms. The largest absolute Gasteiger partial charge is 0.373 e. The molecule has 0 atom stereocenters. The highest BCUT2D eigenvalue weighted by Crippen LogP contribution is 2.27. The molecule has 1 N–H and O–H groups in total. The second-order valence-electron chi connectivity index (χ2n) is 5.69. The monoisotopic (exact) mass is 274 g/mol. The van der Waals surface area contributed by atoms with E-state index < -0.39 is 0 Å². The minimum absolute atomic E-state index is 0.127. The van der Waals surface area contributed by atoms with Gasteiger partial charge < -0.3 is 10.2 Å². The van der Waals surface area contributed by atoms with Crippen LogP contribution < -0.4 is 5.32 Å². The Morgan fingerprint density at radius 1 is 1.25 bits per heavy atom. The van der Waals surface area contributed by atoms with E-state index in [0.29, 0.717) is 0 Å². The van der Waals surface area contributed by atoms with Gasteiger partial charge in [0.2, 0.25) is 0 Å². The number of amides is 1. The first-order valence-electron chi connectivity index (χ1n) is 7.37. The van der Waals surface area contributed by atoms with Gasteiger partial charge in [-0.2, -0.15) is 0 Å². The Hall–Kier alpha value is -1.62. The highest BCUT2D eigenvalue weighted by Gasteiger charge is 2.32. The summed E-state index contributed by atoms with van der Waals surface area (Å²) in [7, 11) is 1.82. The van der Waals surface area contributed by atoms with E-state index in [1.54, 1.807) is 0 Å². The third-order valence-electron chi connectivity index (χ3n) is 4.12. The lowest BCUT2D eigenvalue weighted by Gasteiger charge is -2.34. The molecule has 1 aliphatic carbocycles. The molecule has 1 saturated heterocycles. The van der Waals surface area contributed by atoms with Crippen molar-refractivity contribution in [2.45, 2.75) is 25.8 Å². The fourth-order valence-electron chi connectivity index (χ4n) is 2.83. The normalized spacial score (nSPS) is 20.0. The number of rotatable bonds is 3. The summed E-state index contributed by atoms with van der Waals surface area (Å²) in [6.45, 7) is 5.62. The average Bonchev–Trinajstić information content (AvgIpc) is 3.30. The Kier molecular flexibility index (Phi) is 3.61. The summed E-state index contributed by atoms with van der Waals surface area (Å²) in [6.07, 6.45) is 2.67. The van der Waals surface area contributed by atoms with Crippen LogP contribution in [0.2, 0.25) is 0 Å². The van der Waals surface area contributed by atoms with Crippen molar-refractivity contribution in [2.24, 2.45) is 0 Å². The Morgan fingerprint density at radius 3 is 2.55 bits per heavy atom. The van der Waals surface area contributed by atoms with Gasteiger partial charge in [0.05, 0.1) is 0 Å². The average molecular weight is 274 g/mol. The number of nitrogens with zero attached hydrogens (tertiary/aromatic N) is 3. The molecule has 0 aromatic carbocycles. The molecule has 5 nitrogen and oxygen atoms in total. The van der Waals surface area contributed by atoms with E-state index in [4.69, 9.17) is 0 Å². The van der Waals surface area contributed by atoms with E-state index in [0.717, 1.165) is 49.3 Å². The van der Waals surface area contributed by atoms with E-state index in [1.807, 2.05) is 31.0 Å². The van der Waals surface area contributed by atoms with Crippen molar-refractivity contribution in [1.29, 1.82) is 0 Å². The summed E-state index contributed by atoms with van der Waals surface area (Å²) < 4.78 is 0. The molecule has 20 heavy (non-hydrogen) atoms. The number of pyridine rings is 1. The second kappa shape index (κ2) is 5.40. The molecule has 1 amide bonds. The van der Waals surface area contributed by atoms with Crippen LogP contribution in [0.25, 0.3) is 0 Å². The second-order valence-corrected chi connectivity index (χ2v) is 5.69. The van der Waals surface area contributed by atoms with Gasteiger partial charge in [0, 0.05) is 50.5 Å². The molecule has 2 heterocycles. The standard InChI is InChI=1S/C15H22N4O/c1-11-9-12(10-14(16-2)17-11)15(20)19-7-5-18(6-8-19)13-3-4-13/h9-10,13H,3-8H2,1-2H3,(H,16,17). The van der Waals surface area contributed by atoms with E-state index in [1.165, 1.54) is 12.8 Å². The predicted octanol–water partition coefficient (Wildman–Crippen LogP) is 1.35. The van der Waals surface area contributed by atoms with Crippen molar-refractivity contribution >= 4 is 11.7 Å². The van der Waals surface area contributed by atoms with E-state index >= 15 is 0 Å². The fourth-order valence-corrected chi connectivity index (χ4v) is 2.83. The number of hydrogen-bond acceptors (Lipinski definition) is 4. The molecule has 1 aromatic heterocycles. The van der Waals surface area contributed by atoms with Gasteiger partial charge in [-0.05, 0) is 31.9 Å². The highest BCUT2D eigenvalue weighted by molar-refractivity contribution is 5.95. The van der Waals surface area contributed by atoms with Crippen LogP contribution in [0.5, 0.6) is 0 Å². The van der Waals surface area contributed by atoms with Crippen LogP contribution in [0.1, 0.15) is 28.9 Å².